The summed E-state index contributed by atoms with van der Waals surface area (Å²) in [4.78, 5) is 33.0. The molecule has 0 atom stereocenters. The quantitative estimate of drug-likeness (QED) is 0.589. The van der Waals surface area contributed by atoms with Crippen molar-refractivity contribution in [2.24, 2.45) is 0 Å². The lowest BCUT2D eigenvalue weighted by atomic mass is 9.99. The third-order valence-corrected chi connectivity index (χ3v) is 8.11. The van der Waals surface area contributed by atoms with E-state index in [9.17, 15) is 22.8 Å². The normalized spacial score (nSPS) is 17.9. The van der Waals surface area contributed by atoms with E-state index in [-0.39, 0.29) is 33.8 Å². The molecule has 2 aromatic heterocycles. The molecule has 3 aromatic rings. The molecule has 0 unspecified atom stereocenters. The lowest BCUT2D eigenvalue weighted by Gasteiger charge is -2.51. The van der Waals surface area contributed by atoms with Gasteiger partial charge in [0.1, 0.15) is 4.88 Å². The number of amides is 2. The minimum atomic E-state index is -4.45. The van der Waals surface area contributed by atoms with Crippen LogP contribution in [0.15, 0.2) is 29.8 Å². The first-order valence-electron chi connectivity index (χ1n) is 9.73. The fraction of sp³-hybridized carbons (Fsp3) is 0.350. The molecule has 32 heavy (non-hydrogen) atoms. The lowest BCUT2D eigenvalue weighted by molar-refractivity contribution is -0.137. The number of carbonyl (C=O) groups is 2. The van der Waals surface area contributed by atoms with E-state index in [1.807, 2.05) is 0 Å². The van der Waals surface area contributed by atoms with Crippen LogP contribution in [0.2, 0.25) is 5.02 Å². The van der Waals surface area contributed by atoms with E-state index in [4.69, 9.17) is 11.6 Å². The molecule has 0 bridgehead atoms. The van der Waals surface area contributed by atoms with Gasteiger partial charge < -0.3 is 10.2 Å². The van der Waals surface area contributed by atoms with Crippen molar-refractivity contribution in [3.05, 3.63) is 50.2 Å². The van der Waals surface area contributed by atoms with Crippen LogP contribution >= 0.6 is 34.3 Å². The molecule has 2 aliphatic rings. The Hall–Kier alpha value is -2.21. The Morgan fingerprint density at radius 1 is 1.19 bits per heavy atom. The number of thiazole rings is 1. The van der Waals surface area contributed by atoms with Crippen LogP contribution in [0.5, 0.6) is 0 Å². The van der Waals surface area contributed by atoms with Crippen LogP contribution in [0.25, 0.3) is 10.1 Å². The van der Waals surface area contributed by atoms with E-state index < -0.39 is 11.7 Å². The minimum Gasteiger partial charge on any atom is -0.345 e. The van der Waals surface area contributed by atoms with Gasteiger partial charge in [0.05, 0.1) is 16.6 Å². The molecule has 2 amide bonds. The van der Waals surface area contributed by atoms with E-state index in [0.717, 1.165) is 23.5 Å². The Kier molecular flexibility index (Phi) is 5.39. The molecule has 4 heterocycles. The Balaban J connectivity index is 1.17. The van der Waals surface area contributed by atoms with Gasteiger partial charge in [-0.3, -0.25) is 14.5 Å². The number of fused-ring (bicyclic) bond motifs is 1. The average molecular weight is 501 g/mol. The average Bonchev–Trinajstić information content (AvgIpc) is 3.32. The van der Waals surface area contributed by atoms with Crippen molar-refractivity contribution < 1.29 is 22.8 Å². The standard InChI is InChI=1S/C20H16ClF3N4O2S2/c21-15-13-2-1-10(20(22,23)24)5-14(13)32-16(15)19(30)28-8-12(9-28)27-6-11(7-27)26-17(29)18-25-3-4-31-18/h1-5,11-12H,6-9H2,(H,26,29). The zero-order valence-corrected chi connectivity index (χ0v) is 18.7. The molecule has 0 saturated carbocycles. The number of rotatable bonds is 4. The van der Waals surface area contributed by atoms with Gasteiger partial charge >= 0.3 is 6.18 Å². The van der Waals surface area contributed by atoms with E-state index in [2.05, 4.69) is 15.2 Å². The summed E-state index contributed by atoms with van der Waals surface area (Å²) in [6.07, 6.45) is -2.86. The number of carbonyl (C=O) groups excluding carboxylic acids is 2. The topological polar surface area (TPSA) is 65.5 Å². The largest absolute Gasteiger partial charge is 0.416 e. The van der Waals surface area contributed by atoms with Gasteiger partial charge in [0.25, 0.3) is 11.8 Å². The summed E-state index contributed by atoms with van der Waals surface area (Å²) in [5, 5.41) is 5.77. The zero-order valence-electron chi connectivity index (χ0n) is 16.4. The minimum absolute atomic E-state index is 0.0519. The van der Waals surface area contributed by atoms with Gasteiger partial charge in [-0.1, -0.05) is 17.7 Å². The summed E-state index contributed by atoms with van der Waals surface area (Å²) in [5.74, 6) is -0.446. The summed E-state index contributed by atoms with van der Waals surface area (Å²) in [6.45, 7) is 2.44. The van der Waals surface area contributed by atoms with Crippen molar-refractivity contribution >= 4 is 56.2 Å². The molecular weight excluding hydrogens is 485 g/mol. The highest BCUT2D eigenvalue weighted by Crippen LogP contribution is 2.40. The molecule has 1 N–H and O–H groups in total. The van der Waals surface area contributed by atoms with Crippen LogP contribution in [0.3, 0.4) is 0 Å². The van der Waals surface area contributed by atoms with Crippen molar-refractivity contribution in [3.8, 4) is 0 Å². The molecule has 0 spiro atoms. The van der Waals surface area contributed by atoms with Gasteiger partial charge in [-0.2, -0.15) is 13.2 Å². The molecule has 0 radical (unpaired) electrons. The molecule has 2 fully saturated rings. The van der Waals surface area contributed by atoms with Crippen LogP contribution in [-0.2, 0) is 6.18 Å². The van der Waals surface area contributed by atoms with Gasteiger partial charge in [-0.25, -0.2) is 4.98 Å². The number of thiophene rings is 1. The second-order valence-electron chi connectivity index (χ2n) is 7.78. The van der Waals surface area contributed by atoms with Gasteiger partial charge in [-0.05, 0) is 12.1 Å². The Morgan fingerprint density at radius 3 is 2.59 bits per heavy atom. The number of hydrogen-bond donors (Lipinski definition) is 1. The summed E-state index contributed by atoms with van der Waals surface area (Å²) in [5.41, 5.74) is -0.764. The van der Waals surface area contributed by atoms with E-state index in [0.29, 0.717) is 41.3 Å². The molecule has 1 aromatic carbocycles. The maximum atomic E-state index is 13.0. The third-order valence-electron chi connectivity index (χ3n) is 5.69. The zero-order chi connectivity index (χ0) is 22.6. The van der Waals surface area contributed by atoms with Crippen molar-refractivity contribution in [1.82, 2.24) is 20.1 Å². The fourth-order valence-electron chi connectivity index (χ4n) is 3.86. The molecule has 2 aliphatic heterocycles. The van der Waals surface area contributed by atoms with Gasteiger partial charge in [0.15, 0.2) is 5.01 Å². The fourth-order valence-corrected chi connectivity index (χ4v) is 5.92. The van der Waals surface area contributed by atoms with Crippen LogP contribution in [0.1, 0.15) is 25.0 Å². The predicted molar refractivity (Wildman–Crippen MR) is 116 cm³/mol. The highest BCUT2D eigenvalue weighted by molar-refractivity contribution is 7.21. The van der Waals surface area contributed by atoms with Crippen LogP contribution < -0.4 is 5.32 Å². The van der Waals surface area contributed by atoms with Crippen LogP contribution in [0.4, 0.5) is 13.2 Å². The summed E-state index contributed by atoms with van der Waals surface area (Å²) in [7, 11) is 0. The number of hydrogen-bond acceptors (Lipinski definition) is 6. The molecule has 168 valence electrons. The number of halogens is 4. The highest BCUT2D eigenvalue weighted by Gasteiger charge is 2.42. The van der Waals surface area contributed by atoms with Gasteiger partial charge in [0.2, 0.25) is 0 Å². The van der Waals surface area contributed by atoms with Crippen molar-refractivity contribution in [2.45, 2.75) is 18.3 Å². The van der Waals surface area contributed by atoms with Crippen LogP contribution in [-0.4, -0.2) is 64.9 Å². The SMILES string of the molecule is O=C(NC1CN(C2CN(C(=O)c3sc4cc(C(F)(F)F)ccc4c3Cl)C2)C1)c1nccs1. The summed E-state index contributed by atoms with van der Waals surface area (Å²) < 4.78 is 39.2. The number of nitrogens with one attached hydrogen (secondary N) is 1. The number of aromatic nitrogens is 1. The molecule has 2 saturated heterocycles. The Labute approximate surface area is 193 Å². The second kappa shape index (κ2) is 7.98. The van der Waals surface area contributed by atoms with Crippen molar-refractivity contribution in [1.29, 1.82) is 0 Å². The maximum Gasteiger partial charge on any atom is 0.416 e. The predicted octanol–water partition coefficient (Wildman–Crippen LogP) is 3.97. The van der Waals surface area contributed by atoms with E-state index in [1.54, 1.807) is 16.5 Å². The Morgan fingerprint density at radius 2 is 1.94 bits per heavy atom. The van der Waals surface area contributed by atoms with Gasteiger partial charge in [-0.15, -0.1) is 22.7 Å². The number of alkyl halides is 3. The summed E-state index contributed by atoms with van der Waals surface area (Å²) in [6, 6.07) is 3.56. The summed E-state index contributed by atoms with van der Waals surface area (Å²) >= 11 is 8.59. The third kappa shape index (κ3) is 3.87. The van der Waals surface area contributed by atoms with Crippen molar-refractivity contribution in [2.75, 3.05) is 26.2 Å². The number of likely N-dealkylation sites (tertiary alicyclic amines) is 2. The van der Waals surface area contributed by atoms with Crippen LogP contribution in [0, 0.1) is 0 Å². The monoisotopic (exact) mass is 500 g/mol. The first-order chi connectivity index (χ1) is 15.2. The lowest BCUT2D eigenvalue weighted by Crippen LogP contribution is -2.70. The maximum absolute atomic E-state index is 13.0. The molecule has 6 nitrogen and oxygen atoms in total. The van der Waals surface area contributed by atoms with Gasteiger partial charge in [0, 0.05) is 53.9 Å². The first kappa shape index (κ1) is 21.6. The molecule has 12 heteroatoms. The van der Waals surface area contributed by atoms with E-state index >= 15 is 0 Å². The Bertz CT molecular complexity index is 1190. The van der Waals surface area contributed by atoms with E-state index in [1.165, 1.54) is 17.4 Å². The molecular formula is C20H16ClF3N4O2S2. The second-order valence-corrected chi connectivity index (χ2v) is 10.1. The number of nitrogens with zero attached hydrogens (tertiary/aromatic N) is 3. The highest BCUT2D eigenvalue weighted by atomic mass is 35.5. The smallest absolute Gasteiger partial charge is 0.345 e. The molecule has 5 rings (SSSR count). The number of benzene rings is 1. The van der Waals surface area contributed by atoms with Crippen molar-refractivity contribution in [3.63, 3.8) is 0 Å². The molecule has 0 aliphatic carbocycles. The first-order valence-corrected chi connectivity index (χ1v) is 11.8.